The SMILES string of the molecule is COC(=O)c1cc(OCCCCl)ccc1N. The average molecular weight is 244 g/mol. The number of carbonyl (C=O) groups is 1. The maximum Gasteiger partial charge on any atom is 0.340 e. The molecule has 0 bridgehead atoms. The fourth-order valence-electron chi connectivity index (χ4n) is 1.16. The third kappa shape index (κ3) is 3.31. The van der Waals surface area contributed by atoms with E-state index in [9.17, 15) is 4.79 Å². The van der Waals surface area contributed by atoms with Crippen molar-refractivity contribution in [3.05, 3.63) is 23.8 Å². The second kappa shape index (κ2) is 6.23. The Morgan fingerprint density at radius 1 is 1.50 bits per heavy atom. The third-order valence-electron chi connectivity index (χ3n) is 1.98. The molecule has 1 aromatic rings. The van der Waals surface area contributed by atoms with Crippen molar-refractivity contribution >= 4 is 23.3 Å². The maximum absolute atomic E-state index is 11.3. The van der Waals surface area contributed by atoms with Crippen LogP contribution in [0.25, 0.3) is 0 Å². The van der Waals surface area contributed by atoms with Gasteiger partial charge >= 0.3 is 5.97 Å². The largest absolute Gasteiger partial charge is 0.494 e. The number of anilines is 1. The maximum atomic E-state index is 11.3. The van der Waals surface area contributed by atoms with Crippen LogP contribution in [-0.4, -0.2) is 25.6 Å². The first-order valence-electron chi connectivity index (χ1n) is 4.85. The highest BCUT2D eigenvalue weighted by Crippen LogP contribution is 2.20. The number of esters is 1. The van der Waals surface area contributed by atoms with Gasteiger partial charge in [-0.3, -0.25) is 0 Å². The van der Waals surface area contributed by atoms with Crippen molar-refractivity contribution in [1.82, 2.24) is 0 Å². The highest BCUT2D eigenvalue weighted by molar-refractivity contribution is 6.17. The minimum atomic E-state index is -0.472. The topological polar surface area (TPSA) is 61.5 Å². The first-order valence-corrected chi connectivity index (χ1v) is 5.39. The summed E-state index contributed by atoms with van der Waals surface area (Å²) in [6.45, 7) is 0.508. The molecule has 0 radical (unpaired) electrons. The number of ether oxygens (including phenoxy) is 2. The zero-order chi connectivity index (χ0) is 12.0. The van der Waals surface area contributed by atoms with Gasteiger partial charge in [-0.1, -0.05) is 0 Å². The first-order chi connectivity index (χ1) is 7.69. The number of nitrogens with two attached hydrogens (primary N) is 1. The molecule has 0 saturated heterocycles. The summed E-state index contributed by atoms with van der Waals surface area (Å²) in [5.41, 5.74) is 6.33. The van der Waals surface area contributed by atoms with E-state index in [-0.39, 0.29) is 0 Å². The van der Waals surface area contributed by atoms with Crippen LogP contribution in [0.3, 0.4) is 0 Å². The van der Waals surface area contributed by atoms with E-state index in [0.29, 0.717) is 29.5 Å². The highest BCUT2D eigenvalue weighted by Gasteiger charge is 2.10. The smallest absolute Gasteiger partial charge is 0.340 e. The summed E-state index contributed by atoms with van der Waals surface area (Å²) in [6, 6.07) is 4.88. The Morgan fingerprint density at radius 3 is 2.88 bits per heavy atom. The predicted molar refractivity (Wildman–Crippen MR) is 63.0 cm³/mol. The van der Waals surface area contributed by atoms with Crippen LogP contribution in [0.2, 0.25) is 0 Å². The monoisotopic (exact) mass is 243 g/mol. The molecule has 16 heavy (non-hydrogen) atoms. The van der Waals surface area contributed by atoms with Crippen LogP contribution < -0.4 is 10.5 Å². The van der Waals surface area contributed by atoms with Crippen molar-refractivity contribution < 1.29 is 14.3 Å². The van der Waals surface area contributed by atoms with Crippen LogP contribution in [0.5, 0.6) is 5.75 Å². The standard InChI is InChI=1S/C11H14ClNO3/c1-15-11(14)9-7-8(3-4-10(9)13)16-6-2-5-12/h3-4,7H,2,5-6,13H2,1H3. The average Bonchev–Trinajstić information content (AvgIpc) is 2.30. The molecule has 1 rings (SSSR count). The summed E-state index contributed by atoms with van der Waals surface area (Å²) in [5.74, 6) is 0.652. The second-order valence-electron chi connectivity index (χ2n) is 3.13. The molecular weight excluding hydrogens is 230 g/mol. The summed E-state index contributed by atoms with van der Waals surface area (Å²) in [5, 5.41) is 0. The van der Waals surface area contributed by atoms with Crippen LogP contribution in [0.1, 0.15) is 16.8 Å². The minimum Gasteiger partial charge on any atom is -0.494 e. The van der Waals surface area contributed by atoms with E-state index < -0.39 is 5.97 Å². The van der Waals surface area contributed by atoms with Gasteiger partial charge in [0.05, 0.1) is 19.3 Å². The van der Waals surface area contributed by atoms with Gasteiger partial charge in [-0.15, -0.1) is 11.6 Å². The normalized spacial score (nSPS) is 9.88. The predicted octanol–water partition coefficient (Wildman–Crippen LogP) is 2.06. The number of methoxy groups -OCH3 is 1. The number of nitrogen functional groups attached to an aromatic ring is 1. The summed E-state index contributed by atoms with van der Waals surface area (Å²) in [7, 11) is 1.31. The third-order valence-corrected chi connectivity index (χ3v) is 2.24. The molecule has 4 nitrogen and oxygen atoms in total. The lowest BCUT2D eigenvalue weighted by molar-refractivity contribution is 0.0601. The zero-order valence-corrected chi connectivity index (χ0v) is 9.79. The quantitative estimate of drug-likeness (QED) is 0.372. The Hall–Kier alpha value is -1.42. The molecule has 0 aliphatic carbocycles. The van der Waals surface area contributed by atoms with Gasteiger partial charge in [0.1, 0.15) is 5.75 Å². The van der Waals surface area contributed by atoms with Gasteiger partial charge < -0.3 is 15.2 Å². The summed E-state index contributed by atoms with van der Waals surface area (Å²) in [4.78, 5) is 11.3. The van der Waals surface area contributed by atoms with E-state index in [0.717, 1.165) is 6.42 Å². The first kappa shape index (κ1) is 12.6. The van der Waals surface area contributed by atoms with Crippen LogP contribution in [-0.2, 0) is 4.74 Å². The fraction of sp³-hybridized carbons (Fsp3) is 0.364. The molecule has 0 aromatic heterocycles. The molecule has 0 aliphatic heterocycles. The van der Waals surface area contributed by atoms with Gasteiger partial charge in [-0.2, -0.15) is 0 Å². The molecular formula is C11H14ClNO3. The molecule has 0 spiro atoms. The summed E-state index contributed by atoms with van der Waals surface area (Å²) in [6.07, 6.45) is 0.749. The molecule has 0 unspecified atom stereocenters. The van der Waals surface area contributed by atoms with E-state index in [1.54, 1.807) is 18.2 Å². The molecule has 2 N–H and O–H groups in total. The molecule has 0 heterocycles. The van der Waals surface area contributed by atoms with Gasteiger partial charge in [0.25, 0.3) is 0 Å². The van der Waals surface area contributed by atoms with Crippen LogP contribution in [0.4, 0.5) is 5.69 Å². The summed E-state index contributed by atoms with van der Waals surface area (Å²) < 4.78 is 9.99. The lowest BCUT2D eigenvalue weighted by Gasteiger charge is -2.08. The number of rotatable bonds is 5. The van der Waals surface area contributed by atoms with Crippen molar-refractivity contribution in [2.24, 2.45) is 0 Å². The van der Waals surface area contributed by atoms with Crippen molar-refractivity contribution in [2.45, 2.75) is 6.42 Å². The zero-order valence-electron chi connectivity index (χ0n) is 9.03. The Labute approximate surface area is 99.3 Å². The molecule has 0 fully saturated rings. The van der Waals surface area contributed by atoms with E-state index in [1.807, 2.05) is 0 Å². The van der Waals surface area contributed by atoms with Crippen molar-refractivity contribution in [3.63, 3.8) is 0 Å². The van der Waals surface area contributed by atoms with Gasteiger partial charge in [0, 0.05) is 11.6 Å². The van der Waals surface area contributed by atoms with Gasteiger partial charge in [0.15, 0.2) is 0 Å². The highest BCUT2D eigenvalue weighted by atomic mass is 35.5. The number of hydrogen-bond donors (Lipinski definition) is 1. The van der Waals surface area contributed by atoms with Gasteiger partial charge in [0.2, 0.25) is 0 Å². The number of alkyl halides is 1. The fourth-order valence-corrected chi connectivity index (χ4v) is 1.27. The number of benzene rings is 1. The van der Waals surface area contributed by atoms with Crippen LogP contribution >= 0.6 is 11.6 Å². The Morgan fingerprint density at radius 2 is 2.25 bits per heavy atom. The van der Waals surface area contributed by atoms with Crippen LogP contribution in [0.15, 0.2) is 18.2 Å². The lowest BCUT2D eigenvalue weighted by atomic mass is 10.2. The number of carbonyl (C=O) groups excluding carboxylic acids is 1. The van der Waals surface area contributed by atoms with Crippen molar-refractivity contribution in [3.8, 4) is 5.75 Å². The molecule has 88 valence electrons. The Balaban J connectivity index is 2.77. The molecule has 1 aromatic carbocycles. The van der Waals surface area contributed by atoms with Gasteiger partial charge in [-0.05, 0) is 24.6 Å². The molecule has 0 aliphatic rings. The Kier molecular flexibility index (Phi) is 4.92. The van der Waals surface area contributed by atoms with Crippen LogP contribution in [0, 0.1) is 0 Å². The molecule has 0 saturated carbocycles. The van der Waals surface area contributed by atoms with Crippen molar-refractivity contribution in [2.75, 3.05) is 25.3 Å². The number of halogens is 1. The Bertz CT molecular complexity index is 368. The van der Waals surface area contributed by atoms with E-state index >= 15 is 0 Å². The number of hydrogen-bond acceptors (Lipinski definition) is 4. The molecule has 5 heteroatoms. The van der Waals surface area contributed by atoms with Gasteiger partial charge in [-0.25, -0.2) is 4.79 Å². The summed E-state index contributed by atoms with van der Waals surface area (Å²) >= 11 is 5.52. The van der Waals surface area contributed by atoms with E-state index in [4.69, 9.17) is 22.1 Å². The van der Waals surface area contributed by atoms with Crippen molar-refractivity contribution in [1.29, 1.82) is 0 Å². The van der Waals surface area contributed by atoms with E-state index in [2.05, 4.69) is 4.74 Å². The minimum absolute atomic E-state index is 0.311. The van der Waals surface area contributed by atoms with E-state index in [1.165, 1.54) is 7.11 Å². The molecule has 0 amide bonds. The molecule has 0 atom stereocenters. The second-order valence-corrected chi connectivity index (χ2v) is 3.51. The lowest BCUT2D eigenvalue weighted by Crippen LogP contribution is -2.06.